The lowest BCUT2D eigenvalue weighted by Gasteiger charge is -2.30. The molecule has 1 aliphatic rings. The van der Waals surface area contributed by atoms with Crippen LogP contribution in [0.4, 0.5) is 5.69 Å². The maximum Gasteiger partial charge on any atom is 0.339 e. The van der Waals surface area contributed by atoms with Gasteiger partial charge < -0.3 is 15.1 Å². The van der Waals surface area contributed by atoms with Crippen LogP contribution in [0.15, 0.2) is 66.7 Å². The number of hydrogen-bond acceptors (Lipinski definition) is 3. The number of aromatic hydroxyl groups is 1. The normalized spacial score (nSPS) is 14.1. The molecule has 1 aliphatic carbocycles. The summed E-state index contributed by atoms with van der Waals surface area (Å²) in [5.41, 5.74) is 3.28. The second-order valence-corrected chi connectivity index (χ2v) is 8.91. The molecule has 1 amide bonds. The first-order chi connectivity index (χ1) is 15.9. The van der Waals surface area contributed by atoms with E-state index in [1.807, 2.05) is 48.5 Å². The molecule has 0 saturated heterocycles. The summed E-state index contributed by atoms with van der Waals surface area (Å²) < 4.78 is 0. The Morgan fingerprint density at radius 2 is 1.48 bits per heavy atom. The quantitative estimate of drug-likeness (QED) is 0.436. The molecule has 1 saturated carbocycles. The molecule has 5 nitrogen and oxygen atoms in total. The largest absolute Gasteiger partial charge is 0.507 e. The first kappa shape index (κ1) is 22.9. The number of halogens is 1. The van der Waals surface area contributed by atoms with Crippen LogP contribution in [0.2, 0.25) is 5.02 Å². The molecule has 0 spiro atoms. The van der Waals surface area contributed by atoms with Crippen molar-refractivity contribution >= 4 is 29.2 Å². The van der Waals surface area contributed by atoms with E-state index in [1.54, 1.807) is 11.0 Å². The van der Waals surface area contributed by atoms with Crippen molar-refractivity contribution in [1.82, 2.24) is 0 Å². The molecule has 33 heavy (non-hydrogen) atoms. The highest BCUT2D eigenvalue weighted by Crippen LogP contribution is 2.31. The summed E-state index contributed by atoms with van der Waals surface area (Å²) in [5, 5.41) is 20.0. The molecule has 0 heterocycles. The van der Waals surface area contributed by atoms with Crippen LogP contribution in [0.3, 0.4) is 0 Å². The van der Waals surface area contributed by atoms with Crippen LogP contribution in [0.5, 0.6) is 5.75 Å². The zero-order valence-electron chi connectivity index (χ0n) is 18.2. The average molecular weight is 464 g/mol. The smallest absolute Gasteiger partial charge is 0.339 e. The summed E-state index contributed by atoms with van der Waals surface area (Å²) in [4.78, 5) is 26.7. The molecule has 1 fully saturated rings. The van der Waals surface area contributed by atoms with E-state index in [4.69, 9.17) is 11.6 Å². The number of carbonyl (C=O) groups excluding carboxylic acids is 1. The number of anilines is 1. The summed E-state index contributed by atoms with van der Waals surface area (Å²) in [5.74, 6) is -1.62. The maximum atomic E-state index is 13.5. The Morgan fingerprint density at radius 1 is 0.879 bits per heavy atom. The van der Waals surface area contributed by atoms with Gasteiger partial charge in [0.05, 0.1) is 6.54 Å². The van der Waals surface area contributed by atoms with Crippen LogP contribution in [-0.2, 0) is 11.3 Å². The Bertz CT molecular complexity index is 1140. The van der Waals surface area contributed by atoms with Gasteiger partial charge in [-0.3, -0.25) is 4.79 Å². The number of carbonyl (C=O) groups is 2. The summed E-state index contributed by atoms with van der Waals surface area (Å²) >= 11 is 5.98. The first-order valence-corrected chi connectivity index (χ1v) is 11.5. The van der Waals surface area contributed by atoms with Crippen LogP contribution < -0.4 is 4.90 Å². The Morgan fingerprint density at radius 3 is 2.09 bits per heavy atom. The van der Waals surface area contributed by atoms with Crippen molar-refractivity contribution in [1.29, 1.82) is 0 Å². The third-order valence-corrected chi connectivity index (χ3v) is 6.47. The van der Waals surface area contributed by atoms with Gasteiger partial charge in [-0.2, -0.15) is 0 Å². The van der Waals surface area contributed by atoms with Crippen molar-refractivity contribution in [2.75, 3.05) is 4.90 Å². The summed E-state index contributed by atoms with van der Waals surface area (Å²) in [6, 6.07) is 19.9. The molecule has 0 atom stereocenters. The minimum Gasteiger partial charge on any atom is -0.507 e. The fourth-order valence-electron chi connectivity index (χ4n) is 4.36. The lowest BCUT2D eigenvalue weighted by atomic mass is 9.88. The summed E-state index contributed by atoms with van der Waals surface area (Å²) in [7, 11) is 0. The molecule has 0 aliphatic heterocycles. The van der Waals surface area contributed by atoms with Gasteiger partial charge in [0.25, 0.3) is 0 Å². The molecule has 3 aromatic carbocycles. The van der Waals surface area contributed by atoms with Gasteiger partial charge >= 0.3 is 5.97 Å². The topological polar surface area (TPSA) is 77.8 Å². The van der Waals surface area contributed by atoms with Gasteiger partial charge in [-0.05, 0) is 59.9 Å². The van der Waals surface area contributed by atoms with Gasteiger partial charge in [0.1, 0.15) is 11.3 Å². The van der Waals surface area contributed by atoms with E-state index >= 15 is 0 Å². The SMILES string of the molecule is O=C(O)c1cc(N(Cc2ccc(-c3ccc(Cl)cc3)cc2)C(=O)C2CCCCC2)ccc1O. The highest BCUT2D eigenvalue weighted by molar-refractivity contribution is 6.30. The zero-order chi connectivity index (χ0) is 23.4. The predicted octanol–water partition coefficient (Wildman–Crippen LogP) is 6.52. The second kappa shape index (κ2) is 10.1. The fourth-order valence-corrected chi connectivity index (χ4v) is 4.48. The number of carboxylic acid groups (broad SMARTS) is 1. The molecule has 0 aromatic heterocycles. The van der Waals surface area contributed by atoms with Crippen LogP contribution >= 0.6 is 11.6 Å². The molecule has 0 radical (unpaired) electrons. The average Bonchev–Trinajstić information content (AvgIpc) is 2.84. The van der Waals surface area contributed by atoms with E-state index in [-0.39, 0.29) is 23.1 Å². The highest BCUT2D eigenvalue weighted by atomic mass is 35.5. The van der Waals surface area contributed by atoms with E-state index in [1.165, 1.54) is 12.1 Å². The zero-order valence-corrected chi connectivity index (χ0v) is 19.0. The minimum atomic E-state index is -1.23. The Hall–Kier alpha value is -3.31. The van der Waals surface area contributed by atoms with Crippen molar-refractivity contribution in [3.8, 4) is 16.9 Å². The lowest BCUT2D eigenvalue weighted by molar-refractivity contribution is -0.123. The predicted molar refractivity (Wildman–Crippen MR) is 130 cm³/mol. The monoisotopic (exact) mass is 463 g/mol. The molecule has 170 valence electrons. The van der Waals surface area contributed by atoms with Crippen molar-refractivity contribution in [3.05, 3.63) is 82.9 Å². The van der Waals surface area contributed by atoms with Crippen LogP contribution in [0.25, 0.3) is 11.1 Å². The van der Waals surface area contributed by atoms with E-state index < -0.39 is 5.97 Å². The van der Waals surface area contributed by atoms with E-state index in [2.05, 4.69) is 0 Å². The Balaban J connectivity index is 1.63. The fraction of sp³-hybridized carbons (Fsp3) is 0.259. The summed E-state index contributed by atoms with van der Waals surface area (Å²) in [6.07, 6.45) is 4.87. The van der Waals surface area contributed by atoms with E-state index in [0.717, 1.165) is 48.8 Å². The number of aromatic carboxylic acids is 1. The molecule has 3 aromatic rings. The van der Waals surface area contributed by atoms with Crippen molar-refractivity contribution in [3.63, 3.8) is 0 Å². The van der Waals surface area contributed by atoms with Gasteiger partial charge in [0, 0.05) is 16.6 Å². The van der Waals surface area contributed by atoms with Crippen molar-refractivity contribution in [2.24, 2.45) is 5.92 Å². The van der Waals surface area contributed by atoms with Crippen molar-refractivity contribution < 1.29 is 19.8 Å². The molecule has 6 heteroatoms. The van der Waals surface area contributed by atoms with E-state index in [0.29, 0.717) is 17.3 Å². The molecule has 2 N–H and O–H groups in total. The molecular formula is C27H26ClNO4. The third kappa shape index (κ3) is 5.37. The van der Waals surface area contributed by atoms with Crippen LogP contribution in [-0.4, -0.2) is 22.1 Å². The Labute approximate surface area is 198 Å². The number of nitrogens with zero attached hydrogens (tertiary/aromatic N) is 1. The van der Waals surface area contributed by atoms with Gasteiger partial charge in [0.15, 0.2) is 0 Å². The minimum absolute atomic E-state index is 0.00138. The lowest BCUT2D eigenvalue weighted by Crippen LogP contribution is -2.36. The van der Waals surface area contributed by atoms with Gasteiger partial charge in [-0.1, -0.05) is 67.3 Å². The van der Waals surface area contributed by atoms with Crippen LogP contribution in [0.1, 0.15) is 48.0 Å². The molecule has 4 rings (SSSR count). The number of amides is 1. The first-order valence-electron chi connectivity index (χ1n) is 11.1. The molecular weight excluding hydrogens is 438 g/mol. The number of rotatable bonds is 6. The number of benzene rings is 3. The third-order valence-electron chi connectivity index (χ3n) is 6.21. The number of hydrogen-bond donors (Lipinski definition) is 2. The second-order valence-electron chi connectivity index (χ2n) is 8.47. The summed E-state index contributed by atoms with van der Waals surface area (Å²) in [6.45, 7) is 0.320. The van der Waals surface area contributed by atoms with Gasteiger partial charge in [-0.15, -0.1) is 0 Å². The number of carboxylic acids is 1. The highest BCUT2D eigenvalue weighted by Gasteiger charge is 2.28. The van der Waals surface area contributed by atoms with Gasteiger partial charge in [0.2, 0.25) is 5.91 Å². The number of phenols is 1. The maximum absolute atomic E-state index is 13.5. The van der Waals surface area contributed by atoms with Crippen molar-refractivity contribution in [2.45, 2.75) is 38.6 Å². The van der Waals surface area contributed by atoms with Crippen LogP contribution in [0, 0.1) is 5.92 Å². The Kier molecular flexibility index (Phi) is 6.99. The standard InChI is InChI=1S/C27H26ClNO4/c28-22-12-10-20(11-13-22)19-8-6-18(7-9-19)17-29(26(31)21-4-2-1-3-5-21)23-14-15-25(30)24(16-23)27(32)33/h6-16,21,30H,1-5,17H2,(H,32,33). The van der Waals surface area contributed by atoms with E-state index in [9.17, 15) is 19.8 Å². The molecule has 0 bridgehead atoms. The van der Waals surface area contributed by atoms with Gasteiger partial charge in [-0.25, -0.2) is 4.79 Å². The molecule has 0 unspecified atom stereocenters.